The largest absolute Gasteiger partial charge is 0.308 e. The van der Waals surface area contributed by atoms with Gasteiger partial charge in [-0.1, -0.05) is 19.8 Å². The maximum atomic E-state index is 5.56. The molecule has 0 amide bonds. The van der Waals surface area contributed by atoms with Crippen LogP contribution in [0.25, 0.3) is 5.65 Å². The SMILES string of the molecule is CCc1cc(NN)n2nc(C3CCCC3)cc2n1. The van der Waals surface area contributed by atoms with Crippen molar-refractivity contribution in [2.45, 2.75) is 44.9 Å². The predicted molar refractivity (Wildman–Crippen MR) is 71.4 cm³/mol. The van der Waals surface area contributed by atoms with Gasteiger partial charge in [-0.25, -0.2) is 10.8 Å². The first-order chi connectivity index (χ1) is 8.81. The highest BCUT2D eigenvalue weighted by atomic mass is 15.4. The van der Waals surface area contributed by atoms with E-state index in [1.807, 2.05) is 10.6 Å². The van der Waals surface area contributed by atoms with E-state index in [-0.39, 0.29) is 0 Å². The Hall–Kier alpha value is -1.62. The normalized spacial score (nSPS) is 16.6. The zero-order valence-electron chi connectivity index (χ0n) is 10.7. The van der Waals surface area contributed by atoms with Crippen molar-refractivity contribution >= 4 is 11.5 Å². The molecule has 0 radical (unpaired) electrons. The number of anilines is 1. The van der Waals surface area contributed by atoms with E-state index in [2.05, 4.69) is 28.5 Å². The van der Waals surface area contributed by atoms with E-state index in [4.69, 9.17) is 5.84 Å². The van der Waals surface area contributed by atoms with Gasteiger partial charge in [-0.3, -0.25) is 0 Å². The molecule has 3 N–H and O–H groups in total. The Morgan fingerprint density at radius 2 is 2.17 bits per heavy atom. The lowest BCUT2D eigenvalue weighted by Crippen LogP contribution is -2.13. The summed E-state index contributed by atoms with van der Waals surface area (Å²) >= 11 is 0. The van der Waals surface area contributed by atoms with Crippen LogP contribution in [-0.2, 0) is 6.42 Å². The Morgan fingerprint density at radius 1 is 1.39 bits per heavy atom. The number of nitrogen functional groups attached to an aromatic ring is 1. The van der Waals surface area contributed by atoms with Gasteiger partial charge in [-0.05, 0) is 19.3 Å². The number of hydrogen-bond donors (Lipinski definition) is 2. The van der Waals surface area contributed by atoms with Crippen LogP contribution in [0.2, 0.25) is 0 Å². The smallest absolute Gasteiger partial charge is 0.157 e. The first kappa shape index (κ1) is 11.5. The van der Waals surface area contributed by atoms with Gasteiger partial charge in [0.2, 0.25) is 0 Å². The predicted octanol–water partition coefficient (Wildman–Crippen LogP) is 2.23. The molecule has 1 saturated carbocycles. The summed E-state index contributed by atoms with van der Waals surface area (Å²) in [4.78, 5) is 4.60. The molecule has 0 atom stereocenters. The van der Waals surface area contributed by atoms with Crippen LogP contribution >= 0.6 is 0 Å². The number of nitrogens with two attached hydrogens (primary N) is 1. The van der Waals surface area contributed by atoms with Gasteiger partial charge in [0.1, 0.15) is 5.82 Å². The maximum absolute atomic E-state index is 5.56. The zero-order chi connectivity index (χ0) is 12.5. The minimum Gasteiger partial charge on any atom is -0.308 e. The summed E-state index contributed by atoms with van der Waals surface area (Å²) in [7, 11) is 0. The van der Waals surface area contributed by atoms with E-state index in [9.17, 15) is 0 Å². The van der Waals surface area contributed by atoms with E-state index < -0.39 is 0 Å². The fraction of sp³-hybridized carbons (Fsp3) is 0.538. The minimum atomic E-state index is 0.599. The summed E-state index contributed by atoms with van der Waals surface area (Å²) in [5.74, 6) is 6.97. The molecule has 1 fully saturated rings. The number of aryl methyl sites for hydroxylation is 1. The van der Waals surface area contributed by atoms with Gasteiger partial charge in [0.05, 0.1) is 5.69 Å². The van der Waals surface area contributed by atoms with Gasteiger partial charge in [-0.2, -0.15) is 9.61 Å². The Kier molecular flexibility index (Phi) is 2.91. The molecule has 18 heavy (non-hydrogen) atoms. The van der Waals surface area contributed by atoms with E-state index in [0.717, 1.165) is 29.3 Å². The van der Waals surface area contributed by atoms with Gasteiger partial charge in [0.15, 0.2) is 5.65 Å². The lowest BCUT2D eigenvalue weighted by Gasteiger charge is -2.05. The highest BCUT2D eigenvalue weighted by molar-refractivity contribution is 5.50. The van der Waals surface area contributed by atoms with Gasteiger partial charge >= 0.3 is 0 Å². The number of fused-ring (bicyclic) bond motifs is 1. The average molecular weight is 245 g/mol. The van der Waals surface area contributed by atoms with Crippen molar-refractivity contribution < 1.29 is 0 Å². The molecule has 2 heterocycles. The molecule has 1 aliphatic rings. The van der Waals surface area contributed by atoms with Crippen LogP contribution in [0.15, 0.2) is 12.1 Å². The number of aromatic nitrogens is 3. The van der Waals surface area contributed by atoms with Crippen LogP contribution < -0.4 is 11.3 Å². The Morgan fingerprint density at radius 3 is 2.83 bits per heavy atom. The van der Waals surface area contributed by atoms with E-state index in [0.29, 0.717) is 5.92 Å². The Bertz CT molecular complexity index is 554. The number of nitrogens with zero attached hydrogens (tertiary/aromatic N) is 3. The number of nitrogens with one attached hydrogen (secondary N) is 1. The van der Waals surface area contributed by atoms with Crippen molar-refractivity contribution in [1.29, 1.82) is 0 Å². The summed E-state index contributed by atoms with van der Waals surface area (Å²) in [5, 5.41) is 4.65. The second-order valence-electron chi connectivity index (χ2n) is 4.95. The van der Waals surface area contributed by atoms with Gasteiger partial charge in [-0.15, -0.1) is 0 Å². The molecule has 1 aliphatic carbocycles. The lowest BCUT2D eigenvalue weighted by atomic mass is 10.1. The molecule has 0 unspecified atom stereocenters. The first-order valence-corrected chi connectivity index (χ1v) is 6.68. The van der Waals surface area contributed by atoms with Crippen LogP contribution in [0.3, 0.4) is 0 Å². The summed E-state index contributed by atoms with van der Waals surface area (Å²) in [6.45, 7) is 2.09. The highest BCUT2D eigenvalue weighted by Crippen LogP contribution is 2.33. The zero-order valence-corrected chi connectivity index (χ0v) is 10.7. The molecule has 0 aliphatic heterocycles. The molecule has 3 rings (SSSR count). The molecule has 96 valence electrons. The molecule has 5 heteroatoms. The number of hydrazine groups is 1. The van der Waals surface area contributed by atoms with Crippen molar-refractivity contribution in [3.05, 3.63) is 23.5 Å². The van der Waals surface area contributed by atoms with Crippen molar-refractivity contribution in [2.75, 3.05) is 5.43 Å². The molecule has 5 nitrogen and oxygen atoms in total. The minimum absolute atomic E-state index is 0.599. The molecule has 0 saturated heterocycles. The molecular weight excluding hydrogens is 226 g/mol. The lowest BCUT2D eigenvalue weighted by molar-refractivity contribution is 0.685. The van der Waals surface area contributed by atoms with Crippen LogP contribution in [0, 0.1) is 0 Å². The number of rotatable bonds is 3. The van der Waals surface area contributed by atoms with Gasteiger partial charge in [0.25, 0.3) is 0 Å². The average Bonchev–Trinajstić information content (AvgIpc) is 3.05. The van der Waals surface area contributed by atoms with Crippen molar-refractivity contribution in [1.82, 2.24) is 14.6 Å². The van der Waals surface area contributed by atoms with E-state index in [1.165, 1.54) is 25.7 Å². The Balaban J connectivity index is 2.09. The maximum Gasteiger partial charge on any atom is 0.157 e. The summed E-state index contributed by atoms with van der Waals surface area (Å²) in [6, 6.07) is 4.06. The Labute approximate surface area is 106 Å². The highest BCUT2D eigenvalue weighted by Gasteiger charge is 2.20. The van der Waals surface area contributed by atoms with Gasteiger partial charge < -0.3 is 5.43 Å². The van der Waals surface area contributed by atoms with Crippen molar-refractivity contribution in [3.63, 3.8) is 0 Å². The first-order valence-electron chi connectivity index (χ1n) is 6.68. The standard InChI is InChI=1S/C13H19N5/c1-2-10-7-13(16-14)18-12(15-10)8-11(17-18)9-5-3-4-6-9/h7-9,16H,2-6,14H2,1H3. The van der Waals surface area contributed by atoms with Crippen molar-refractivity contribution in [2.24, 2.45) is 5.84 Å². The molecule has 0 aromatic carbocycles. The second kappa shape index (κ2) is 4.57. The molecular formula is C13H19N5. The third kappa shape index (κ3) is 1.84. The molecule has 0 bridgehead atoms. The topological polar surface area (TPSA) is 68.2 Å². The van der Waals surface area contributed by atoms with Crippen LogP contribution in [-0.4, -0.2) is 14.6 Å². The number of hydrogen-bond acceptors (Lipinski definition) is 4. The van der Waals surface area contributed by atoms with Crippen LogP contribution in [0.1, 0.15) is 49.9 Å². The third-order valence-corrected chi connectivity index (χ3v) is 3.78. The van der Waals surface area contributed by atoms with E-state index >= 15 is 0 Å². The molecule has 2 aromatic heterocycles. The fourth-order valence-electron chi connectivity index (χ4n) is 2.75. The summed E-state index contributed by atoms with van der Waals surface area (Å²) in [6.07, 6.45) is 6.02. The van der Waals surface area contributed by atoms with Crippen LogP contribution in [0.5, 0.6) is 0 Å². The van der Waals surface area contributed by atoms with Crippen LogP contribution in [0.4, 0.5) is 5.82 Å². The third-order valence-electron chi connectivity index (χ3n) is 3.78. The van der Waals surface area contributed by atoms with Crippen molar-refractivity contribution in [3.8, 4) is 0 Å². The summed E-state index contributed by atoms with van der Waals surface area (Å²) < 4.78 is 1.81. The fourth-order valence-corrected chi connectivity index (χ4v) is 2.75. The van der Waals surface area contributed by atoms with Gasteiger partial charge in [0, 0.05) is 23.7 Å². The summed E-state index contributed by atoms with van der Waals surface area (Å²) in [5.41, 5.74) is 5.79. The van der Waals surface area contributed by atoms with E-state index in [1.54, 1.807) is 0 Å². The molecule has 2 aromatic rings. The quantitative estimate of drug-likeness (QED) is 0.642. The second-order valence-corrected chi connectivity index (χ2v) is 4.95. The molecule has 0 spiro atoms. The monoisotopic (exact) mass is 245 g/mol.